The van der Waals surface area contributed by atoms with Gasteiger partial charge in [0.2, 0.25) is 0 Å². The summed E-state index contributed by atoms with van der Waals surface area (Å²) in [4.78, 5) is 10.4. The summed E-state index contributed by atoms with van der Waals surface area (Å²) < 4.78 is 0. The summed E-state index contributed by atoms with van der Waals surface area (Å²) in [5.41, 5.74) is 3.51. The lowest BCUT2D eigenvalue weighted by Gasteiger charge is -2.13. The van der Waals surface area contributed by atoms with Crippen molar-refractivity contribution in [2.24, 2.45) is 21.4 Å². The van der Waals surface area contributed by atoms with E-state index in [9.17, 15) is 4.79 Å². The van der Waals surface area contributed by atoms with Gasteiger partial charge in [-0.25, -0.2) is 0 Å². The molecule has 0 amide bonds. The number of nitrogens with zero attached hydrogens (tertiary/aromatic N) is 3. The predicted octanol–water partition coefficient (Wildman–Crippen LogP) is 4.45. The molecular weight excluding hydrogens is 280 g/mol. The van der Waals surface area contributed by atoms with Crippen LogP contribution in [0.15, 0.2) is 27.2 Å². The number of carboxylic acid groups (broad SMARTS) is 1. The van der Waals surface area contributed by atoms with Crippen molar-refractivity contribution >= 4 is 12.2 Å². The monoisotopic (exact) mass is 308 g/mol. The summed E-state index contributed by atoms with van der Waals surface area (Å²) in [5.74, 6) is -0.235. The van der Waals surface area contributed by atoms with Gasteiger partial charge in [0.05, 0.1) is 11.9 Å². The van der Waals surface area contributed by atoms with Crippen LogP contribution in [0, 0.1) is 5.92 Å². The number of hydrogen-bond donors (Lipinski definition) is 2. The van der Waals surface area contributed by atoms with Gasteiger partial charge in [-0.15, -0.1) is 5.11 Å². The summed E-state index contributed by atoms with van der Waals surface area (Å²) in [6.07, 6.45) is 14.0. The topological polar surface area (TPSA) is 86.4 Å². The maximum atomic E-state index is 10.4. The lowest BCUT2D eigenvalue weighted by Crippen LogP contribution is -2.02. The van der Waals surface area contributed by atoms with E-state index in [1.54, 1.807) is 6.21 Å². The smallest absolute Gasteiger partial charge is 0.303 e. The van der Waals surface area contributed by atoms with Crippen LogP contribution >= 0.6 is 0 Å². The Morgan fingerprint density at radius 1 is 1.18 bits per heavy atom. The summed E-state index contributed by atoms with van der Waals surface area (Å²) in [7, 11) is 0. The van der Waals surface area contributed by atoms with Crippen LogP contribution in [0.25, 0.3) is 0 Å². The van der Waals surface area contributed by atoms with Gasteiger partial charge in [0.25, 0.3) is 0 Å². The van der Waals surface area contributed by atoms with Crippen molar-refractivity contribution in [2.75, 3.05) is 0 Å². The third-order valence-electron chi connectivity index (χ3n) is 3.94. The number of hydrazone groups is 1. The van der Waals surface area contributed by atoms with Crippen LogP contribution in [0.1, 0.15) is 71.1 Å². The maximum absolute atomic E-state index is 10.4. The number of hydrogen-bond acceptors (Lipinski definition) is 5. The molecule has 6 heteroatoms. The largest absolute Gasteiger partial charge is 0.481 e. The maximum Gasteiger partial charge on any atom is 0.303 e. The molecule has 6 nitrogen and oxygen atoms in total. The fourth-order valence-electron chi connectivity index (χ4n) is 2.62. The van der Waals surface area contributed by atoms with E-state index < -0.39 is 5.97 Å². The minimum absolute atomic E-state index is 0.306. The molecule has 1 aliphatic rings. The number of aliphatic carboxylic acids is 1. The molecule has 0 aromatic heterocycles. The molecule has 1 aliphatic heterocycles. The SMILES string of the molecule is CCC(CCCCCCCCCC(=O)O)C1=CC=NNN=N1. The molecule has 0 radical (unpaired) electrons. The van der Waals surface area contributed by atoms with Crippen LogP contribution in [0.5, 0.6) is 0 Å². The van der Waals surface area contributed by atoms with Crippen molar-refractivity contribution in [3.05, 3.63) is 11.8 Å². The second-order valence-electron chi connectivity index (χ2n) is 5.68. The highest BCUT2D eigenvalue weighted by atomic mass is 16.4. The highest BCUT2D eigenvalue weighted by Crippen LogP contribution is 2.24. The van der Waals surface area contributed by atoms with Crippen molar-refractivity contribution in [1.29, 1.82) is 0 Å². The van der Waals surface area contributed by atoms with Gasteiger partial charge in [-0.2, -0.15) is 10.6 Å². The lowest BCUT2D eigenvalue weighted by molar-refractivity contribution is -0.137. The molecule has 1 atom stereocenters. The molecule has 0 saturated heterocycles. The first-order valence-electron chi connectivity index (χ1n) is 8.34. The Bertz CT molecular complexity index is 405. The summed E-state index contributed by atoms with van der Waals surface area (Å²) in [5, 5.41) is 20.3. The van der Waals surface area contributed by atoms with Crippen molar-refractivity contribution in [1.82, 2.24) is 5.53 Å². The molecule has 0 aromatic rings. The van der Waals surface area contributed by atoms with Crippen LogP contribution in [0.4, 0.5) is 0 Å². The zero-order valence-electron chi connectivity index (χ0n) is 13.5. The van der Waals surface area contributed by atoms with Crippen LogP contribution in [0.2, 0.25) is 0 Å². The molecule has 0 aliphatic carbocycles. The predicted molar refractivity (Wildman–Crippen MR) is 87.5 cm³/mol. The lowest BCUT2D eigenvalue weighted by atomic mass is 9.94. The van der Waals surface area contributed by atoms with Gasteiger partial charge >= 0.3 is 5.97 Å². The summed E-state index contributed by atoms with van der Waals surface area (Å²) in [6, 6.07) is 0. The zero-order valence-corrected chi connectivity index (χ0v) is 13.5. The number of rotatable bonds is 12. The molecule has 0 aromatic carbocycles. The Morgan fingerprint density at radius 2 is 1.86 bits per heavy atom. The highest BCUT2D eigenvalue weighted by Gasteiger charge is 2.12. The van der Waals surface area contributed by atoms with E-state index in [2.05, 4.69) is 27.9 Å². The first-order valence-corrected chi connectivity index (χ1v) is 8.34. The Hall–Kier alpha value is -1.72. The molecular formula is C16H28N4O2. The third-order valence-corrected chi connectivity index (χ3v) is 3.94. The average molecular weight is 308 g/mol. The number of unbranched alkanes of at least 4 members (excludes halogenated alkanes) is 6. The van der Waals surface area contributed by atoms with E-state index in [4.69, 9.17) is 5.11 Å². The van der Waals surface area contributed by atoms with Gasteiger partial charge in [0, 0.05) is 12.3 Å². The van der Waals surface area contributed by atoms with Gasteiger partial charge < -0.3 is 5.11 Å². The first kappa shape index (κ1) is 18.3. The number of allylic oxidation sites excluding steroid dienone is 2. The molecule has 0 fully saturated rings. The van der Waals surface area contributed by atoms with Crippen LogP contribution < -0.4 is 5.53 Å². The fourth-order valence-corrected chi connectivity index (χ4v) is 2.62. The van der Waals surface area contributed by atoms with E-state index >= 15 is 0 Å². The Labute approximate surface area is 132 Å². The summed E-state index contributed by atoms with van der Waals surface area (Å²) >= 11 is 0. The van der Waals surface area contributed by atoms with Gasteiger partial charge in [0.15, 0.2) is 0 Å². The van der Waals surface area contributed by atoms with Gasteiger partial charge in [0.1, 0.15) is 0 Å². The zero-order chi connectivity index (χ0) is 16.0. The van der Waals surface area contributed by atoms with Gasteiger partial charge in [-0.3, -0.25) is 4.79 Å². The molecule has 1 heterocycles. The van der Waals surface area contributed by atoms with Crippen LogP contribution in [0.3, 0.4) is 0 Å². The standard InChI is InChI=1S/C16H28N4O2/c1-2-14(15-12-13-17-19-20-18-15)10-8-6-4-3-5-7-9-11-16(21)22/h12-14H,2-11H2,1H3,(H,18,19)(H,21,22). The molecule has 0 saturated carbocycles. The molecule has 22 heavy (non-hydrogen) atoms. The van der Waals surface area contributed by atoms with Crippen molar-refractivity contribution in [2.45, 2.75) is 71.1 Å². The number of carbonyl (C=O) groups is 1. The van der Waals surface area contributed by atoms with Crippen molar-refractivity contribution in [3.63, 3.8) is 0 Å². The second kappa shape index (κ2) is 11.9. The van der Waals surface area contributed by atoms with E-state index in [-0.39, 0.29) is 0 Å². The average Bonchev–Trinajstić information content (AvgIpc) is 2.78. The molecule has 124 valence electrons. The molecule has 1 unspecified atom stereocenters. The molecule has 2 N–H and O–H groups in total. The molecule has 0 bridgehead atoms. The minimum Gasteiger partial charge on any atom is -0.481 e. The number of carboxylic acids is 1. The first-order chi connectivity index (χ1) is 10.7. The van der Waals surface area contributed by atoms with E-state index in [1.165, 1.54) is 25.7 Å². The molecule has 1 rings (SSSR count). The highest BCUT2D eigenvalue weighted by molar-refractivity contribution is 5.72. The minimum atomic E-state index is -0.684. The van der Waals surface area contributed by atoms with Crippen molar-refractivity contribution < 1.29 is 9.90 Å². The van der Waals surface area contributed by atoms with Gasteiger partial charge in [-0.1, -0.05) is 50.7 Å². The fraction of sp³-hybridized carbons (Fsp3) is 0.750. The Balaban J connectivity index is 2.06. The second-order valence-corrected chi connectivity index (χ2v) is 5.68. The van der Waals surface area contributed by atoms with E-state index in [0.29, 0.717) is 12.3 Å². The van der Waals surface area contributed by atoms with E-state index in [1.807, 2.05) is 6.08 Å². The third kappa shape index (κ3) is 8.54. The van der Waals surface area contributed by atoms with Crippen LogP contribution in [-0.2, 0) is 4.79 Å². The van der Waals surface area contributed by atoms with Crippen LogP contribution in [-0.4, -0.2) is 17.3 Å². The summed E-state index contributed by atoms with van der Waals surface area (Å²) in [6.45, 7) is 2.18. The Morgan fingerprint density at radius 3 is 2.55 bits per heavy atom. The van der Waals surface area contributed by atoms with Crippen molar-refractivity contribution in [3.8, 4) is 0 Å². The Kier molecular flexibility index (Phi) is 9.90. The van der Waals surface area contributed by atoms with E-state index in [0.717, 1.165) is 37.8 Å². The normalized spacial score (nSPS) is 15.0. The molecule has 0 spiro atoms. The number of nitrogens with one attached hydrogen (secondary N) is 1. The quantitative estimate of drug-likeness (QED) is 0.522. The van der Waals surface area contributed by atoms with Gasteiger partial charge in [-0.05, 0) is 25.3 Å².